The third-order valence-corrected chi connectivity index (χ3v) is 2.46. The predicted molar refractivity (Wildman–Crippen MR) is 40.7 cm³/mol. The van der Waals surface area contributed by atoms with Gasteiger partial charge in [0.05, 0.1) is 31.5 Å². The highest BCUT2D eigenvalue weighted by molar-refractivity contribution is 6.11. The molecule has 66 valence electrons. The molecular formula is C7H11BO4. The van der Waals surface area contributed by atoms with E-state index in [1.807, 2.05) is 0 Å². The highest BCUT2D eigenvalue weighted by atomic mass is 16.6. The smallest absolute Gasteiger partial charge is 0.112 e. The molecule has 0 spiro atoms. The van der Waals surface area contributed by atoms with Crippen molar-refractivity contribution in [1.82, 2.24) is 0 Å². The highest BCUT2D eigenvalue weighted by Gasteiger charge is 2.49. The Bertz CT molecular complexity index is 173. The van der Waals surface area contributed by atoms with Gasteiger partial charge in [0.25, 0.3) is 0 Å². The zero-order chi connectivity index (χ0) is 8.72. The van der Waals surface area contributed by atoms with Crippen molar-refractivity contribution in [2.45, 2.75) is 24.3 Å². The van der Waals surface area contributed by atoms with Crippen LogP contribution in [-0.2, 0) is 9.47 Å². The van der Waals surface area contributed by atoms with Crippen LogP contribution in [0.25, 0.3) is 0 Å². The van der Waals surface area contributed by atoms with Crippen LogP contribution in [0.4, 0.5) is 0 Å². The largest absolute Gasteiger partial charge is 0.394 e. The summed E-state index contributed by atoms with van der Waals surface area (Å²) in [6, 6.07) is -0.684. The molecule has 0 bridgehead atoms. The van der Waals surface area contributed by atoms with Gasteiger partial charge in [-0.25, -0.2) is 0 Å². The van der Waals surface area contributed by atoms with Crippen molar-refractivity contribution in [3.63, 3.8) is 0 Å². The fourth-order valence-corrected chi connectivity index (χ4v) is 1.71. The van der Waals surface area contributed by atoms with Crippen molar-refractivity contribution >= 4 is 7.85 Å². The number of hydrogen-bond donors (Lipinski definition) is 2. The average molecular weight is 170 g/mol. The van der Waals surface area contributed by atoms with Gasteiger partial charge in [0, 0.05) is 11.9 Å². The van der Waals surface area contributed by atoms with Crippen molar-refractivity contribution in [2.24, 2.45) is 5.92 Å². The van der Waals surface area contributed by atoms with Crippen LogP contribution < -0.4 is 0 Å². The summed E-state index contributed by atoms with van der Waals surface area (Å²) in [5, 5.41) is 18.4. The van der Waals surface area contributed by atoms with Crippen molar-refractivity contribution in [3.05, 3.63) is 0 Å². The van der Waals surface area contributed by atoms with Gasteiger partial charge in [-0.3, -0.25) is 0 Å². The van der Waals surface area contributed by atoms with Gasteiger partial charge in [0.15, 0.2) is 0 Å². The lowest BCUT2D eigenvalue weighted by molar-refractivity contribution is 0.0207. The molecule has 0 saturated carbocycles. The molecule has 2 N–H and O–H groups in total. The third-order valence-electron chi connectivity index (χ3n) is 2.46. The summed E-state index contributed by atoms with van der Waals surface area (Å²) in [7, 11) is 5.46. The van der Waals surface area contributed by atoms with E-state index >= 15 is 0 Å². The molecule has 2 fully saturated rings. The second kappa shape index (κ2) is 2.99. The Labute approximate surface area is 71.9 Å². The lowest BCUT2D eigenvalue weighted by Crippen LogP contribution is -2.33. The zero-order valence-corrected chi connectivity index (χ0v) is 6.59. The zero-order valence-electron chi connectivity index (χ0n) is 6.59. The van der Waals surface area contributed by atoms with E-state index in [-0.39, 0.29) is 24.7 Å². The summed E-state index contributed by atoms with van der Waals surface area (Å²) < 4.78 is 10.2. The van der Waals surface area contributed by atoms with Crippen LogP contribution in [0.1, 0.15) is 0 Å². The number of hydrogen-bond acceptors (Lipinski definition) is 4. The van der Waals surface area contributed by atoms with E-state index in [2.05, 4.69) is 0 Å². The molecule has 0 aromatic rings. The summed E-state index contributed by atoms with van der Waals surface area (Å²) in [6.07, 6.45) is -1.07. The average Bonchev–Trinajstić information content (AvgIpc) is 2.82. The Morgan fingerprint density at radius 2 is 2.17 bits per heavy atom. The molecule has 0 aliphatic carbocycles. The molecule has 0 aromatic carbocycles. The lowest BCUT2D eigenvalue weighted by Gasteiger charge is -2.15. The molecule has 2 heterocycles. The molecule has 2 saturated heterocycles. The number of rotatable bonds is 2. The lowest BCUT2D eigenvalue weighted by atomic mass is 9.86. The summed E-state index contributed by atoms with van der Waals surface area (Å²) in [5.74, 6) is -0.162. The van der Waals surface area contributed by atoms with Crippen LogP contribution in [0.15, 0.2) is 0 Å². The Hall–Kier alpha value is -0.0951. The summed E-state index contributed by atoms with van der Waals surface area (Å²) in [5.41, 5.74) is 0. The van der Waals surface area contributed by atoms with E-state index < -0.39 is 12.1 Å². The molecule has 2 radical (unpaired) electrons. The Balaban J connectivity index is 2.05. The molecule has 12 heavy (non-hydrogen) atoms. The van der Waals surface area contributed by atoms with Crippen molar-refractivity contribution in [1.29, 1.82) is 0 Å². The number of aliphatic hydroxyl groups excluding tert-OH is 2. The Kier molecular flexibility index (Phi) is 2.12. The molecule has 0 amide bonds. The van der Waals surface area contributed by atoms with Crippen LogP contribution in [0.2, 0.25) is 0 Å². The van der Waals surface area contributed by atoms with E-state index in [4.69, 9.17) is 22.4 Å². The minimum atomic E-state index is -0.713. The van der Waals surface area contributed by atoms with E-state index in [0.717, 1.165) is 0 Å². The monoisotopic (exact) mass is 170 g/mol. The molecule has 3 unspecified atom stereocenters. The maximum Gasteiger partial charge on any atom is 0.112 e. The highest BCUT2D eigenvalue weighted by Crippen LogP contribution is 2.34. The Morgan fingerprint density at radius 3 is 2.67 bits per heavy atom. The number of epoxide rings is 1. The summed E-state index contributed by atoms with van der Waals surface area (Å²) in [4.78, 5) is 0. The first-order chi connectivity index (χ1) is 5.74. The fourth-order valence-electron chi connectivity index (χ4n) is 1.71. The van der Waals surface area contributed by atoms with E-state index in [1.54, 1.807) is 0 Å². The first-order valence-corrected chi connectivity index (χ1v) is 4.05. The van der Waals surface area contributed by atoms with E-state index in [0.29, 0.717) is 6.61 Å². The molecule has 2 rings (SSSR count). The number of ether oxygens (including phenoxy) is 2. The molecule has 4 nitrogen and oxygen atoms in total. The maximum atomic E-state index is 9.53. The molecule has 5 heteroatoms. The van der Waals surface area contributed by atoms with Crippen LogP contribution in [0.5, 0.6) is 0 Å². The van der Waals surface area contributed by atoms with Gasteiger partial charge in [-0.2, -0.15) is 0 Å². The van der Waals surface area contributed by atoms with Crippen molar-refractivity contribution < 1.29 is 19.7 Å². The fraction of sp³-hybridized carbons (Fsp3) is 1.00. The first-order valence-electron chi connectivity index (χ1n) is 4.05. The van der Waals surface area contributed by atoms with Gasteiger partial charge in [0.2, 0.25) is 0 Å². The van der Waals surface area contributed by atoms with Gasteiger partial charge >= 0.3 is 0 Å². The molecule has 0 aromatic heterocycles. The third kappa shape index (κ3) is 1.27. The van der Waals surface area contributed by atoms with Gasteiger partial charge < -0.3 is 19.7 Å². The standard InChI is InChI=1S/C7H11BO4/c8-7-6(10)5(4-2-11-4)3(1-9)12-7/h3-7,9-10H,1-2H2/t3-,4?,5?,6?,7-/m1/s1. The predicted octanol–water partition coefficient (Wildman–Crippen LogP) is -1.75. The minimum Gasteiger partial charge on any atom is -0.394 e. The van der Waals surface area contributed by atoms with Crippen LogP contribution in [-0.4, -0.2) is 55.6 Å². The number of aliphatic hydroxyl groups is 2. The van der Waals surface area contributed by atoms with Gasteiger partial charge in [-0.15, -0.1) is 0 Å². The van der Waals surface area contributed by atoms with Crippen LogP contribution in [0, 0.1) is 5.92 Å². The minimum absolute atomic E-state index is 0.0192. The molecular weight excluding hydrogens is 159 g/mol. The Morgan fingerprint density at radius 1 is 1.50 bits per heavy atom. The van der Waals surface area contributed by atoms with E-state index in [9.17, 15) is 5.11 Å². The molecule has 2 aliphatic rings. The van der Waals surface area contributed by atoms with Crippen LogP contribution >= 0.6 is 0 Å². The quantitative estimate of drug-likeness (QED) is 0.381. The topological polar surface area (TPSA) is 62.2 Å². The second-order valence-electron chi connectivity index (χ2n) is 3.26. The maximum absolute atomic E-state index is 9.53. The van der Waals surface area contributed by atoms with Crippen molar-refractivity contribution in [3.8, 4) is 0 Å². The van der Waals surface area contributed by atoms with Gasteiger partial charge in [-0.05, 0) is 0 Å². The summed E-state index contributed by atoms with van der Waals surface area (Å²) in [6.45, 7) is 0.517. The normalized spacial score (nSPS) is 52.7. The van der Waals surface area contributed by atoms with Gasteiger partial charge in [0.1, 0.15) is 7.85 Å². The molecule has 5 atom stereocenters. The first kappa shape index (κ1) is 8.50. The SMILES string of the molecule is [B][C@@H]1O[C@H](CO)C(C2CO2)C1O. The molecule has 2 aliphatic heterocycles. The van der Waals surface area contributed by atoms with E-state index in [1.165, 1.54) is 0 Å². The summed E-state index contributed by atoms with van der Waals surface area (Å²) >= 11 is 0. The second-order valence-corrected chi connectivity index (χ2v) is 3.26. The van der Waals surface area contributed by atoms with Gasteiger partial charge in [-0.1, -0.05) is 0 Å². The van der Waals surface area contributed by atoms with Crippen LogP contribution in [0.3, 0.4) is 0 Å². The van der Waals surface area contributed by atoms with Crippen molar-refractivity contribution in [2.75, 3.05) is 13.2 Å².